The molecule has 6 nitrogen and oxygen atoms in total. The van der Waals surface area contributed by atoms with Crippen LogP contribution in [0.4, 0.5) is 22.0 Å². The minimum atomic E-state index is -0.337. The standard InChI is InChI=1S/C11H11BrFN5O/c1-5-3-7(13)6(12)4-8(5)15-10-16-9(14)17-11(18-10)19-2/h3-4H,1-2H3,(H3,14,15,16,17,18). The predicted molar refractivity (Wildman–Crippen MR) is 72.9 cm³/mol. The largest absolute Gasteiger partial charge is 0.467 e. The molecule has 0 aliphatic carbocycles. The van der Waals surface area contributed by atoms with Crippen molar-refractivity contribution in [2.75, 3.05) is 18.2 Å². The van der Waals surface area contributed by atoms with Gasteiger partial charge in [-0.2, -0.15) is 15.0 Å². The van der Waals surface area contributed by atoms with Crippen molar-refractivity contribution in [3.63, 3.8) is 0 Å². The van der Waals surface area contributed by atoms with Crippen LogP contribution in [0.25, 0.3) is 0 Å². The van der Waals surface area contributed by atoms with E-state index >= 15 is 0 Å². The summed E-state index contributed by atoms with van der Waals surface area (Å²) in [4.78, 5) is 11.7. The van der Waals surface area contributed by atoms with Crippen LogP contribution < -0.4 is 15.8 Å². The number of aromatic nitrogens is 3. The van der Waals surface area contributed by atoms with Gasteiger partial charge in [0.25, 0.3) is 0 Å². The van der Waals surface area contributed by atoms with E-state index in [-0.39, 0.29) is 23.7 Å². The molecule has 3 N–H and O–H groups in total. The first kappa shape index (κ1) is 13.5. The lowest BCUT2D eigenvalue weighted by atomic mass is 10.2. The normalized spacial score (nSPS) is 10.3. The van der Waals surface area contributed by atoms with Gasteiger partial charge in [-0.3, -0.25) is 0 Å². The first-order valence-corrected chi connectivity index (χ1v) is 6.07. The Balaban J connectivity index is 2.36. The molecule has 2 aromatic rings. The quantitative estimate of drug-likeness (QED) is 0.900. The number of nitrogens with one attached hydrogen (secondary N) is 1. The van der Waals surface area contributed by atoms with E-state index in [1.807, 2.05) is 0 Å². The van der Waals surface area contributed by atoms with Gasteiger partial charge in [0.05, 0.1) is 11.6 Å². The molecule has 100 valence electrons. The number of nitrogen functional groups attached to an aromatic ring is 1. The Bertz CT molecular complexity index is 622. The minimum Gasteiger partial charge on any atom is -0.467 e. The SMILES string of the molecule is COc1nc(N)nc(Nc2cc(Br)c(F)cc2C)n1. The monoisotopic (exact) mass is 327 g/mol. The average Bonchev–Trinajstić information content (AvgIpc) is 2.35. The number of aryl methyl sites for hydroxylation is 1. The zero-order valence-electron chi connectivity index (χ0n) is 10.2. The zero-order valence-corrected chi connectivity index (χ0v) is 11.8. The van der Waals surface area contributed by atoms with Crippen molar-refractivity contribution in [3.05, 3.63) is 28.0 Å². The number of hydrogen-bond donors (Lipinski definition) is 2. The average molecular weight is 328 g/mol. The van der Waals surface area contributed by atoms with E-state index in [1.165, 1.54) is 13.2 Å². The summed E-state index contributed by atoms with van der Waals surface area (Å²) in [7, 11) is 1.43. The smallest absolute Gasteiger partial charge is 0.322 e. The Kier molecular flexibility index (Phi) is 3.79. The molecular formula is C11H11BrFN5O. The van der Waals surface area contributed by atoms with Crippen molar-refractivity contribution in [3.8, 4) is 6.01 Å². The molecular weight excluding hydrogens is 317 g/mol. The molecule has 0 unspecified atom stereocenters. The summed E-state index contributed by atoms with van der Waals surface area (Å²) in [5.74, 6) is -0.0741. The Hall–Kier alpha value is -1.96. The molecule has 1 aromatic heterocycles. The Morgan fingerprint density at radius 3 is 2.74 bits per heavy atom. The van der Waals surface area contributed by atoms with Crippen LogP contribution in [-0.2, 0) is 0 Å². The number of nitrogens with zero attached hydrogens (tertiary/aromatic N) is 3. The second-order valence-corrected chi connectivity index (χ2v) is 4.56. The van der Waals surface area contributed by atoms with Crippen LogP contribution in [0.2, 0.25) is 0 Å². The van der Waals surface area contributed by atoms with Gasteiger partial charge in [0.1, 0.15) is 5.82 Å². The Morgan fingerprint density at radius 1 is 1.32 bits per heavy atom. The fraction of sp³-hybridized carbons (Fsp3) is 0.182. The van der Waals surface area contributed by atoms with E-state index in [9.17, 15) is 4.39 Å². The third-order valence-electron chi connectivity index (χ3n) is 2.33. The van der Waals surface area contributed by atoms with Crippen molar-refractivity contribution in [1.29, 1.82) is 0 Å². The summed E-state index contributed by atoms with van der Waals surface area (Å²) in [5, 5.41) is 2.94. The van der Waals surface area contributed by atoms with Crippen molar-refractivity contribution in [2.24, 2.45) is 0 Å². The molecule has 0 radical (unpaired) electrons. The Morgan fingerprint density at radius 2 is 2.05 bits per heavy atom. The number of ether oxygens (including phenoxy) is 1. The first-order valence-electron chi connectivity index (χ1n) is 5.28. The molecule has 0 bridgehead atoms. The van der Waals surface area contributed by atoms with Gasteiger partial charge in [-0.05, 0) is 40.5 Å². The van der Waals surface area contributed by atoms with Gasteiger partial charge in [-0.1, -0.05) is 0 Å². The van der Waals surface area contributed by atoms with Gasteiger partial charge in [-0.15, -0.1) is 0 Å². The number of methoxy groups -OCH3 is 1. The predicted octanol–water partition coefficient (Wildman–Crippen LogP) is 2.42. The summed E-state index contributed by atoms with van der Waals surface area (Å²) < 4.78 is 18.6. The molecule has 0 saturated carbocycles. The number of benzene rings is 1. The van der Waals surface area contributed by atoms with E-state index < -0.39 is 0 Å². The second kappa shape index (κ2) is 5.35. The number of anilines is 3. The fourth-order valence-corrected chi connectivity index (χ4v) is 1.76. The van der Waals surface area contributed by atoms with Crippen LogP contribution in [0.5, 0.6) is 6.01 Å². The number of hydrogen-bond acceptors (Lipinski definition) is 6. The number of rotatable bonds is 3. The topological polar surface area (TPSA) is 86.0 Å². The highest BCUT2D eigenvalue weighted by Crippen LogP contribution is 2.26. The van der Waals surface area contributed by atoms with E-state index in [0.717, 1.165) is 0 Å². The van der Waals surface area contributed by atoms with E-state index in [4.69, 9.17) is 10.5 Å². The molecule has 8 heteroatoms. The van der Waals surface area contributed by atoms with Crippen molar-refractivity contribution in [1.82, 2.24) is 15.0 Å². The van der Waals surface area contributed by atoms with Gasteiger partial charge >= 0.3 is 6.01 Å². The van der Waals surface area contributed by atoms with Crippen molar-refractivity contribution in [2.45, 2.75) is 6.92 Å². The van der Waals surface area contributed by atoms with Crippen LogP contribution in [0.1, 0.15) is 5.56 Å². The molecule has 0 fully saturated rings. The maximum atomic E-state index is 13.3. The maximum absolute atomic E-state index is 13.3. The van der Waals surface area contributed by atoms with Crippen molar-refractivity contribution < 1.29 is 9.13 Å². The van der Waals surface area contributed by atoms with Crippen LogP contribution in [-0.4, -0.2) is 22.1 Å². The second-order valence-electron chi connectivity index (χ2n) is 3.71. The highest BCUT2D eigenvalue weighted by Gasteiger charge is 2.09. The Labute approximate surface area is 117 Å². The number of nitrogens with two attached hydrogens (primary N) is 1. The summed E-state index contributed by atoms with van der Waals surface area (Å²) in [6.07, 6.45) is 0. The zero-order chi connectivity index (χ0) is 14.0. The van der Waals surface area contributed by atoms with Crippen molar-refractivity contribution >= 4 is 33.5 Å². The molecule has 19 heavy (non-hydrogen) atoms. The van der Waals surface area contributed by atoms with E-state index in [1.54, 1.807) is 13.0 Å². The molecule has 1 aromatic carbocycles. The van der Waals surface area contributed by atoms with Gasteiger partial charge in [0.2, 0.25) is 11.9 Å². The first-order chi connectivity index (χ1) is 8.99. The van der Waals surface area contributed by atoms with Crippen LogP contribution in [0.3, 0.4) is 0 Å². The maximum Gasteiger partial charge on any atom is 0.322 e. The lowest BCUT2D eigenvalue weighted by Crippen LogP contribution is -2.06. The lowest BCUT2D eigenvalue weighted by Gasteiger charge is -2.10. The molecule has 1 heterocycles. The lowest BCUT2D eigenvalue weighted by molar-refractivity contribution is 0.380. The third-order valence-corrected chi connectivity index (χ3v) is 2.94. The summed E-state index contributed by atoms with van der Waals surface area (Å²) in [6.45, 7) is 1.76. The summed E-state index contributed by atoms with van der Waals surface area (Å²) >= 11 is 3.12. The fourth-order valence-electron chi connectivity index (χ4n) is 1.42. The van der Waals surface area contributed by atoms with Crippen LogP contribution in [0.15, 0.2) is 16.6 Å². The van der Waals surface area contributed by atoms with Gasteiger partial charge in [0, 0.05) is 5.69 Å². The number of halogens is 2. The van der Waals surface area contributed by atoms with Gasteiger partial charge in [0.15, 0.2) is 0 Å². The van der Waals surface area contributed by atoms with Gasteiger partial charge in [-0.25, -0.2) is 4.39 Å². The van der Waals surface area contributed by atoms with Crippen LogP contribution >= 0.6 is 15.9 Å². The summed E-state index contributed by atoms with van der Waals surface area (Å²) in [5.41, 5.74) is 6.89. The molecule has 0 spiro atoms. The molecule has 2 rings (SSSR count). The highest BCUT2D eigenvalue weighted by molar-refractivity contribution is 9.10. The molecule has 0 atom stereocenters. The molecule has 0 saturated heterocycles. The highest BCUT2D eigenvalue weighted by atomic mass is 79.9. The van der Waals surface area contributed by atoms with Gasteiger partial charge < -0.3 is 15.8 Å². The third kappa shape index (κ3) is 3.08. The van der Waals surface area contributed by atoms with E-state index in [2.05, 4.69) is 36.2 Å². The minimum absolute atomic E-state index is 0.0354. The molecule has 0 aliphatic rings. The van der Waals surface area contributed by atoms with E-state index in [0.29, 0.717) is 15.7 Å². The molecule has 0 amide bonds. The summed E-state index contributed by atoms with van der Waals surface area (Å²) in [6, 6.07) is 3.10. The van der Waals surface area contributed by atoms with Crippen LogP contribution in [0, 0.1) is 12.7 Å². The molecule has 0 aliphatic heterocycles.